The van der Waals surface area contributed by atoms with Crippen molar-refractivity contribution in [3.05, 3.63) is 23.2 Å². The Kier molecular flexibility index (Phi) is 4.72. The summed E-state index contributed by atoms with van der Waals surface area (Å²) in [6.07, 6.45) is 0. The number of rotatable bonds is 6. The minimum absolute atomic E-state index is 0.00224. The first-order chi connectivity index (χ1) is 7.95. The number of nitrogens with one attached hydrogen (secondary N) is 1. The minimum atomic E-state index is -1.07. The number of carboxylic acids is 1. The zero-order chi connectivity index (χ0) is 13.0. The molecule has 0 spiro atoms. The molecule has 0 radical (unpaired) electrons. The normalized spacial score (nSPS) is 13.0. The maximum atomic E-state index is 10.7. The van der Waals surface area contributed by atoms with E-state index in [0.717, 1.165) is 5.56 Å². The standard InChI is InChI=1S/C12H19NO4/c1-7(2)10(6-14)13-5-9-4-11(12(15)16)17-8(9)3/h4,7,10,13-14H,5-6H2,1-3H3,(H,15,16). The van der Waals surface area contributed by atoms with Crippen LogP contribution in [0.3, 0.4) is 0 Å². The van der Waals surface area contributed by atoms with E-state index in [4.69, 9.17) is 14.6 Å². The van der Waals surface area contributed by atoms with Crippen LogP contribution in [0.5, 0.6) is 0 Å². The van der Waals surface area contributed by atoms with E-state index in [9.17, 15) is 4.79 Å². The highest BCUT2D eigenvalue weighted by Gasteiger charge is 2.15. The third-order valence-corrected chi connectivity index (χ3v) is 2.79. The summed E-state index contributed by atoms with van der Waals surface area (Å²) in [5.74, 6) is -0.215. The van der Waals surface area contributed by atoms with Gasteiger partial charge in [0, 0.05) is 18.2 Å². The van der Waals surface area contributed by atoms with Crippen molar-refractivity contribution >= 4 is 5.97 Å². The fourth-order valence-electron chi connectivity index (χ4n) is 1.55. The van der Waals surface area contributed by atoms with Crippen molar-refractivity contribution in [3.63, 3.8) is 0 Å². The lowest BCUT2D eigenvalue weighted by Crippen LogP contribution is -2.36. The molecule has 1 rings (SSSR count). The van der Waals surface area contributed by atoms with Gasteiger partial charge in [-0.15, -0.1) is 0 Å². The summed E-state index contributed by atoms with van der Waals surface area (Å²) in [7, 11) is 0. The lowest BCUT2D eigenvalue weighted by Gasteiger charge is -2.19. The SMILES string of the molecule is Cc1oc(C(=O)O)cc1CNC(CO)C(C)C. The lowest BCUT2D eigenvalue weighted by molar-refractivity contribution is 0.0661. The van der Waals surface area contributed by atoms with Gasteiger partial charge < -0.3 is 19.9 Å². The summed E-state index contributed by atoms with van der Waals surface area (Å²) in [4.78, 5) is 10.7. The quantitative estimate of drug-likeness (QED) is 0.701. The predicted molar refractivity (Wildman–Crippen MR) is 63.0 cm³/mol. The van der Waals surface area contributed by atoms with Crippen molar-refractivity contribution in [1.29, 1.82) is 0 Å². The average molecular weight is 241 g/mol. The number of furan rings is 1. The number of carbonyl (C=O) groups is 1. The molecule has 5 heteroatoms. The molecule has 0 aliphatic rings. The molecule has 5 nitrogen and oxygen atoms in total. The Morgan fingerprint density at radius 3 is 2.59 bits per heavy atom. The van der Waals surface area contributed by atoms with Gasteiger partial charge in [0.25, 0.3) is 0 Å². The summed E-state index contributed by atoms with van der Waals surface area (Å²) in [6.45, 7) is 6.30. The van der Waals surface area contributed by atoms with Crippen LogP contribution >= 0.6 is 0 Å². The Hall–Kier alpha value is -1.33. The number of hydrogen-bond acceptors (Lipinski definition) is 4. The summed E-state index contributed by atoms with van der Waals surface area (Å²) < 4.78 is 5.10. The van der Waals surface area contributed by atoms with Crippen LogP contribution in [0.4, 0.5) is 0 Å². The smallest absolute Gasteiger partial charge is 0.371 e. The molecule has 1 heterocycles. The lowest BCUT2D eigenvalue weighted by atomic mass is 10.1. The van der Waals surface area contributed by atoms with Crippen molar-refractivity contribution in [2.45, 2.75) is 33.4 Å². The van der Waals surface area contributed by atoms with Crippen LogP contribution in [0, 0.1) is 12.8 Å². The molecule has 0 amide bonds. The molecule has 1 aromatic heterocycles. The number of aryl methyl sites for hydroxylation is 1. The number of hydrogen-bond donors (Lipinski definition) is 3. The van der Waals surface area contributed by atoms with Gasteiger partial charge in [-0.1, -0.05) is 13.8 Å². The molecule has 0 aliphatic heterocycles. The fraction of sp³-hybridized carbons (Fsp3) is 0.583. The van der Waals surface area contributed by atoms with Gasteiger partial charge in [-0.3, -0.25) is 0 Å². The minimum Gasteiger partial charge on any atom is -0.475 e. The Morgan fingerprint density at radius 1 is 1.53 bits per heavy atom. The number of aliphatic hydroxyl groups is 1. The van der Waals surface area contributed by atoms with Crippen molar-refractivity contribution < 1.29 is 19.4 Å². The van der Waals surface area contributed by atoms with E-state index in [0.29, 0.717) is 18.2 Å². The molecule has 0 saturated heterocycles. The van der Waals surface area contributed by atoms with Gasteiger partial charge in [0.1, 0.15) is 5.76 Å². The predicted octanol–water partition coefficient (Wildman–Crippen LogP) is 1.39. The first-order valence-electron chi connectivity index (χ1n) is 5.62. The van der Waals surface area contributed by atoms with E-state index < -0.39 is 5.97 Å². The third kappa shape index (κ3) is 3.57. The molecule has 0 bridgehead atoms. The van der Waals surface area contributed by atoms with Gasteiger partial charge in [0.05, 0.1) is 6.61 Å². The van der Waals surface area contributed by atoms with E-state index in [2.05, 4.69) is 5.32 Å². The molecule has 1 atom stereocenters. The summed E-state index contributed by atoms with van der Waals surface area (Å²) in [6, 6.07) is 1.51. The van der Waals surface area contributed by atoms with Gasteiger partial charge in [-0.05, 0) is 18.9 Å². The molecule has 0 saturated carbocycles. The van der Waals surface area contributed by atoms with E-state index in [1.165, 1.54) is 6.07 Å². The van der Waals surface area contributed by atoms with E-state index >= 15 is 0 Å². The topological polar surface area (TPSA) is 82.7 Å². The van der Waals surface area contributed by atoms with Crippen molar-refractivity contribution in [2.75, 3.05) is 6.61 Å². The van der Waals surface area contributed by atoms with Gasteiger partial charge >= 0.3 is 5.97 Å². The van der Waals surface area contributed by atoms with Crippen LogP contribution in [-0.4, -0.2) is 28.8 Å². The summed E-state index contributed by atoms with van der Waals surface area (Å²) in [5, 5.41) is 21.1. The van der Waals surface area contributed by atoms with Crippen molar-refractivity contribution in [1.82, 2.24) is 5.32 Å². The van der Waals surface area contributed by atoms with Crippen LogP contribution in [-0.2, 0) is 6.54 Å². The van der Waals surface area contributed by atoms with E-state index in [1.54, 1.807) is 6.92 Å². The first-order valence-corrected chi connectivity index (χ1v) is 5.62. The molecule has 1 aromatic rings. The molecule has 0 aliphatic carbocycles. The highest BCUT2D eigenvalue weighted by Crippen LogP contribution is 2.15. The summed E-state index contributed by atoms with van der Waals surface area (Å²) >= 11 is 0. The molecule has 3 N–H and O–H groups in total. The fourth-order valence-corrected chi connectivity index (χ4v) is 1.55. The number of aromatic carboxylic acids is 1. The highest BCUT2D eigenvalue weighted by molar-refractivity contribution is 5.84. The Morgan fingerprint density at radius 2 is 2.18 bits per heavy atom. The number of aliphatic hydroxyl groups excluding tert-OH is 1. The maximum Gasteiger partial charge on any atom is 0.371 e. The molecular weight excluding hydrogens is 222 g/mol. The Bertz CT molecular complexity index is 384. The third-order valence-electron chi connectivity index (χ3n) is 2.79. The van der Waals surface area contributed by atoms with Crippen LogP contribution in [0.1, 0.15) is 35.7 Å². The maximum absolute atomic E-state index is 10.7. The van der Waals surface area contributed by atoms with Crippen LogP contribution in [0.25, 0.3) is 0 Å². The second-order valence-corrected chi connectivity index (χ2v) is 4.41. The second kappa shape index (κ2) is 5.84. The van der Waals surface area contributed by atoms with Crippen molar-refractivity contribution in [3.8, 4) is 0 Å². The van der Waals surface area contributed by atoms with E-state index in [-0.39, 0.29) is 18.4 Å². The van der Waals surface area contributed by atoms with E-state index in [1.807, 2.05) is 13.8 Å². The van der Waals surface area contributed by atoms with Gasteiger partial charge in [-0.25, -0.2) is 4.79 Å². The molecule has 96 valence electrons. The number of carboxylic acid groups (broad SMARTS) is 1. The molecule has 17 heavy (non-hydrogen) atoms. The monoisotopic (exact) mass is 241 g/mol. The zero-order valence-corrected chi connectivity index (χ0v) is 10.4. The molecular formula is C12H19NO4. The molecule has 0 fully saturated rings. The largest absolute Gasteiger partial charge is 0.475 e. The summed E-state index contributed by atoms with van der Waals surface area (Å²) in [5.41, 5.74) is 0.807. The van der Waals surface area contributed by atoms with Gasteiger partial charge in [0.15, 0.2) is 0 Å². The van der Waals surface area contributed by atoms with Gasteiger partial charge in [-0.2, -0.15) is 0 Å². The highest BCUT2D eigenvalue weighted by atomic mass is 16.4. The van der Waals surface area contributed by atoms with Gasteiger partial charge in [0.2, 0.25) is 5.76 Å². The van der Waals surface area contributed by atoms with Crippen molar-refractivity contribution in [2.24, 2.45) is 5.92 Å². The van der Waals surface area contributed by atoms with Crippen LogP contribution in [0.2, 0.25) is 0 Å². The first kappa shape index (κ1) is 13.7. The van der Waals surface area contributed by atoms with Crippen LogP contribution < -0.4 is 5.32 Å². The molecule has 1 unspecified atom stereocenters. The average Bonchev–Trinajstić information content (AvgIpc) is 2.61. The second-order valence-electron chi connectivity index (χ2n) is 4.41. The zero-order valence-electron chi connectivity index (χ0n) is 10.4. The Balaban J connectivity index is 2.65. The Labute approximate surface area is 100 Å². The molecule has 0 aromatic carbocycles. The van der Waals surface area contributed by atoms with Crippen LogP contribution in [0.15, 0.2) is 10.5 Å².